The number of nitrogens with zero attached hydrogens (tertiary/aromatic N) is 3. The van der Waals surface area contributed by atoms with Crippen LogP contribution in [-0.2, 0) is 0 Å². The standard InChI is InChI=1S/C18H23N3/c1-14-11-15(2)18(16(3)12-14)21-10-6-9-20(13-21)17-7-4-5-8-19-17/h4-5,7-8,11-12H,6,9-10,13H2,1-3H3. The number of hydrogen-bond acceptors (Lipinski definition) is 3. The Labute approximate surface area is 127 Å². The van der Waals surface area contributed by atoms with E-state index in [2.05, 4.69) is 59.8 Å². The third kappa shape index (κ3) is 2.87. The Morgan fingerprint density at radius 2 is 1.67 bits per heavy atom. The van der Waals surface area contributed by atoms with Gasteiger partial charge < -0.3 is 9.80 Å². The lowest BCUT2D eigenvalue weighted by molar-refractivity contribution is 0.608. The largest absolute Gasteiger partial charge is 0.353 e. The number of pyridine rings is 1. The van der Waals surface area contributed by atoms with Crippen LogP contribution in [0.15, 0.2) is 36.5 Å². The van der Waals surface area contributed by atoms with Crippen LogP contribution < -0.4 is 9.80 Å². The van der Waals surface area contributed by atoms with E-state index in [1.54, 1.807) is 0 Å². The molecule has 0 radical (unpaired) electrons. The molecule has 1 aliphatic rings. The van der Waals surface area contributed by atoms with E-state index in [-0.39, 0.29) is 0 Å². The summed E-state index contributed by atoms with van der Waals surface area (Å²) in [5.41, 5.74) is 5.47. The van der Waals surface area contributed by atoms with Gasteiger partial charge in [-0.1, -0.05) is 23.8 Å². The fraction of sp³-hybridized carbons (Fsp3) is 0.389. The molecule has 1 aromatic heterocycles. The fourth-order valence-corrected chi connectivity index (χ4v) is 3.38. The lowest BCUT2D eigenvalue weighted by Gasteiger charge is -2.39. The van der Waals surface area contributed by atoms with Crippen LogP contribution in [0.1, 0.15) is 23.1 Å². The molecule has 0 bridgehead atoms. The van der Waals surface area contributed by atoms with Crippen molar-refractivity contribution in [3.8, 4) is 0 Å². The van der Waals surface area contributed by atoms with Gasteiger partial charge in [0.25, 0.3) is 0 Å². The van der Waals surface area contributed by atoms with Crippen molar-refractivity contribution in [2.24, 2.45) is 0 Å². The first-order chi connectivity index (χ1) is 10.1. The van der Waals surface area contributed by atoms with Crippen LogP contribution >= 0.6 is 0 Å². The van der Waals surface area contributed by atoms with E-state index in [4.69, 9.17) is 0 Å². The molecule has 1 saturated heterocycles. The molecule has 2 aromatic rings. The molecule has 0 unspecified atom stereocenters. The highest BCUT2D eigenvalue weighted by Gasteiger charge is 2.21. The molecule has 0 N–H and O–H groups in total. The lowest BCUT2D eigenvalue weighted by Crippen LogP contribution is -2.45. The van der Waals surface area contributed by atoms with Gasteiger partial charge in [-0.05, 0) is 50.5 Å². The lowest BCUT2D eigenvalue weighted by atomic mass is 10.0. The minimum atomic E-state index is 0.918. The number of hydrogen-bond donors (Lipinski definition) is 0. The molecule has 0 spiro atoms. The third-order valence-corrected chi connectivity index (χ3v) is 4.12. The van der Waals surface area contributed by atoms with Crippen molar-refractivity contribution in [1.29, 1.82) is 0 Å². The smallest absolute Gasteiger partial charge is 0.129 e. The molecule has 3 heteroatoms. The van der Waals surface area contributed by atoms with Crippen molar-refractivity contribution in [2.75, 3.05) is 29.6 Å². The Kier molecular flexibility index (Phi) is 3.82. The predicted molar refractivity (Wildman–Crippen MR) is 89.1 cm³/mol. The highest BCUT2D eigenvalue weighted by molar-refractivity contribution is 5.61. The summed E-state index contributed by atoms with van der Waals surface area (Å²) >= 11 is 0. The highest BCUT2D eigenvalue weighted by Crippen LogP contribution is 2.29. The van der Waals surface area contributed by atoms with Crippen molar-refractivity contribution in [1.82, 2.24) is 4.98 Å². The van der Waals surface area contributed by atoms with Crippen LogP contribution in [0.4, 0.5) is 11.5 Å². The SMILES string of the molecule is Cc1cc(C)c(N2CCCN(c3ccccn3)C2)c(C)c1. The van der Waals surface area contributed by atoms with Gasteiger partial charge in [-0.25, -0.2) is 4.98 Å². The Morgan fingerprint density at radius 3 is 2.33 bits per heavy atom. The molecular weight excluding hydrogens is 258 g/mol. The molecular formula is C18H23N3. The van der Waals surface area contributed by atoms with Gasteiger partial charge >= 0.3 is 0 Å². The molecule has 2 heterocycles. The monoisotopic (exact) mass is 281 g/mol. The summed E-state index contributed by atoms with van der Waals surface area (Å²) in [6, 6.07) is 10.7. The Balaban J connectivity index is 1.87. The van der Waals surface area contributed by atoms with Gasteiger partial charge in [0.1, 0.15) is 5.82 Å². The molecule has 0 amide bonds. The van der Waals surface area contributed by atoms with E-state index in [0.29, 0.717) is 0 Å². The van der Waals surface area contributed by atoms with Crippen LogP contribution in [0.25, 0.3) is 0 Å². The van der Waals surface area contributed by atoms with Crippen molar-refractivity contribution < 1.29 is 0 Å². The minimum Gasteiger partial charge on any atom is -0.353 e. The topological polar surface area (TPSA) is 19.4 Å². The molecule has 1 fully saturated rings. The summed E-state index contributed by atoms with van der Waals surface area (Å²) in [6.07, 6.45) is 3.04. The summed E-state index contributed by atoms with van der Waals surface area (Å²) in [5.74, 6) is 1.07. The van der Waals surface area contributed by atoms with Crippen molar-refractivity contribution in [3.63, 3.8) is 0 Å². The third-order valence-electron chi connectivity index (χ3n) is 4.12. The van der Waals surface area contributed by atoms with E-state index < -0.39 is 0 Å². The van der Waals surface area contributed by atoms with Gasteiger partial charge in [0.15, 0.2) is 0 Å². The summed E-state index contributed by atoms with van der Waals surface area (Å²) in [5, 5.41) is 0. The maximum atomic E-state index is 4.49. The summed E-state index contributed by atoms with van der Waals surface area (Å²) in [6.45, 7) is 9.72. The van der Waals surface area contributed by atoms with Crippen LogP contribution in [0.2, 0.25) is 0 Å². The zero-order chi connectivity index (χ0) is 14.8. The maximum Gasteiger partial charge on any atom is 0.129 e. The summed E-state index contributed by atoms with van der Waals surface area (Å²) < 4.78 is 0. The van der Waals surface area contributed by atoms with Gasteiger partial charge in [-0.15, -0.1) is 0 Å². The first-order valence-corrected chi connectivity index (χ1v) is 7.64. The molecule has 3 nitrogen and oxygen atoms in total. The van der Waals surface area contributed by atoms with E-state index in [1.165, 1.54) is 28.8 Å². The molecule has 0 atom stereocenters. The zero-order valence-corrected chi connectivity index (χ0v) is 13.1. The minimum absolute atomic E-state index is 0.918. The van der Waals surface area contributed by atoms with E-state index in [1.807, 2.05) is 12.3 Å². The molecule has 0 saturated carbocycles. The van der Waals surface area contributed by atoms with E-state index in [0.717, 1.165) is 25.6 Å². The summed E-state index contributed by atoms with van der Waals surface area (Å²) in [7, 11) is 0. The Morgan fingerprint density at radius 1 is 0.952 bits per heavy atom. The average molecular weight is 281 g/mol. The molecule has 1 aromatic carbocycles. The first-order valence-electron chi connectivity index (χ1n) is 7.64. The Hall–Kier alpha value is -2.03. The quantitative estimate of drug-likeness (QED) is 0.837. The normalized spacial score (nSPS) is 15.4. The van der Waals surface area contributed by atoms with Crippen molar-refractivity contribution in [3.05, 3.63) is 53.2 Å². The molecule has 1 aliphatic heterocycles. The number of rotatable bonds is 2. The molecule has 0 aliphatic carbocycles. The summed E-state index contributed by atoms with van der Waals surface area (Å²) in [4.78, 5) is 9.34. The van der Waals surface area contributed by atoms with Crippen molar-refractivity contribution >= 4 is 11.5 Å². The number of benzene rings is 1. The van der Waals surface area contributed by atoms with Gasteiger partial charge in [0.2, 0.25) is 0 Å². The predicted octanol–water partition coefficient (Wildman–Crippen LogP) is 3.68. The highest BCUT2D eigenvalue weighted by atomic mass is 15.4. The van der Waals surface area contributed by atoms with Crippen LogP contribution in [-0.4, -0.2) is 24.7 Å². The number of aryl methyl sites for hydroxylation is 3. The van der Waals surface area contributed by atoms with Crippen LogP contribution in [0.3, 0.4) is 0 Å². The van der Waals surface area contributed by atoms with Gasteiger partial charge in [-0.2, -0.15) is 0 Å². The second-order valence-corrected chi connectivity index (χ2v) is 5.96. The van der Waals surface area contributed by atoms with Crippen LogP contribution in [0, 0.1) is 20.8 Å². The second kappa shape index (κ2) is 5.76. The van der Waals surface area contributed by atoms with E-state index >= 15 is 0 Å². The molecule has 3 rings (SSSR count). The maximum absolute atomic E-state index is 4.49. The number of aromatic nitrogens is 1. The fourth-order valence-electron chi connectivity index (χ4n) is 3.38. The molecule has 110 valence electrons. The van der Waals surface area contributed by atoms with Gasteiger partial charge in [0.05, 0.1) is 6.67 Å². The number of anilines is 2. The van der Waals surface area contributed by atoms with E-state index in [9.17, 15) is 0 Å². The first kappa shape index (κ1) is 13.9. The van der Waals surface area contributed by atoms with Crippen LogP contribution in [0.5, 0.6) is 0 Å². The average Bonchev–Trinajstić information content (AvgIpc) is 2.47. The second-order valence-electron chi connectivity index (χ2n) is 5.96. The zero-order valence-electron chi connectivity index (χ0n) is 13.1. The van der Waals surface area contributed by atoms with Gasteiger partial charge in [-0.3, -0.25) is 0 Å². The Bertz CT molecular complexity index is 599. The molecule has 21 heavy (non-hydrogen) atoms. The van der Waals surface area contributed by atoms with Crippen molar-refractivity contribution in [2.45, 2.75) is 27.2 Å². The van der Waals surface area contributed by atoms with Gasteiger partial charge in [0, 0.05) is 25.0 Å².